The summed E-state index contributed by atoms with van der Waals surface area (Å²) in [5.41, 5.74) is 3.21. The number of benzene rings is 3. The van der Waals surface area contributed by atoms with Crippen LogP contribution in [0.15, 0.2) is 65.3 Å². The van der Waals surface area contributed by atoms with Gasteiger partial charge < -0.3 is 4.42 Å². The van der Waals surface area contributed by atoms with Gasteiger partial charge in [-0.1, -0.05) is 36.4 Å². The van der Waals surface area contributed by atoms with E-state index in [0.29, 0.717) is 22.1 Å². The molecule has 5 rings (SSSR count). The van der Waals surface area contributed by atoms with Gasteiger partial charge in [-0.05, 0) is 41.3 Å². The van der Waals surface area contributed by atoms with Crippen molar-refractivity contribution in [2.75, 3.05) is 0 Å². The molecule has 2 heterocycles. The van der Waals surface area contributed by atoms with Gasteiger partial charge in [0.05, 0.1) is 13.2 Å². The fraction of sp³-hybridized carbons (Fsp3) is 0.130. The number of fused-ring (bicyclic) bond motifs is 5. The van der Waals surface area contributed by atoms with Crippen molar-refractivity contribution in [2.45, 2.75) is 13.8 Å². The lowest BCUT2D eigenvalue weighted by Gasteiger charge is -2.06. The van der Waals surface area contributed by atoms with Gasteiger partial charge in [0, 0.05) is 26.3 Å². The van der Waals surface area contributed by atoms with Gasteiger partial charge in [-0.15, -0.1) is 0 Å². The largest absolute Gasteiger partial charge is 0.454 e. The van der Waals surface area contributed by atoms with Gasteiger partial charge in [0.15, 0.2) is 5.58 Å². The first kappa shape index (κ1) is 12.2. The summed E-state index contributed by atoms with van der Waals surface area (Å²) >= 11 is 0. The van der Waals surface area contributed by atoms with E-state index in [1.807, 2.05) is 67.2 Å². The Bertz CT molecular complexity index is 1420. The highest BCUT2D eigenvalue weighted by molar-refractivity contribution is 6.18. The molecule has 0 atom stereocenters. The highest BCUT2D eigenvalue weighted by atomic mass is 16.3. The second kappa shape index (κ2) is 5.40. The maximum Gasteiger partial charge on any atom is 0.334 e. The zero-order chi connectivity index (χ0) is 20.3. The van der Waals surface area contributed by atoms with Gasteiger partial charge in [0.2, 0.25) is 0 Å². The van der Waals surface area contributed by atoms with Crippen LogP contribution in [-0.2, 0) is 7.05 Å². The SMILES string of the molecule is [2H]C([2H])([2H])c1cc(C)c(-c2nccc[n+]2C)c2oc3c4ccccc4ccc3c12. The molecule has 0 amide bonds. The Balaban J connectivity index is 2.04. The van der Waals surface area contributed by atoms with Gasteiger partial charge in [0.25, 0.3) is 0 Å². The molecule has 2 aromatic heterocycles. The third-order valence-corrected chi connectivity index (χ3v) is 4.98. The maximum atomic E-state index is 8.12. The molecule has 0 N–H and O–H groups in total. The van der Waals surface area contributed by atoms with Crippen LogP contribution in [-0.4, -0.2) is 4.98 Å². The highest BCUT2D eigenvalue weighted by Crippen LogP contribution is 2.40. The topological polar surface area (TPSA) is 29.9 Å². The first-order valence-electron chi connectivity index (χ1n) is 10.1. The van der Waals surface area contributed by atoms with Crippen LogP contribution in [0.3, 0.4) is 0 Å². The average molecular weight is 342 g/mol. The lowest BCUT2D eigenvalue weighted by atomic mass is 9.98. The van der Waals surface area contributed by atoms with Gasteiger partial charge in [-0.2, -0.15) is 0 Å². The van der Waals surface area contributed by atoms with Crippen LogP contribution in [0.4, 0.5) is 0 Å². The van der Waals surface area contributed by atoms with Gasteiger partial charge >= 0.3 is 5.82 Å². The maximum absolute atomic E-state index is 8.12. The lowest BCUT2D eigenvalue weighted by Crippen LogP contribution is -2.31. The zero-order valence-electron chi connectivity index (χ0n) is 17.6. The van der Waals surface area contributed by atoms with E-state index in [1.54, 1.807) is 12.3 Å². The highest BCUT2D eigenvalue weighted by Gasteiger charge is 2.24. The van der Waals surface area contributed by atoms with Gasteiger partial charge in [0.1, 0.15) is 17.3 Å². The first-order chi connectivity index (χ1) is 13.9. The fourth-order valence-electron chi connectivity index (χ4n) is 3.77. The van der Waals surface area contributed by atoms with E-state index in [2.05, 4.69) is 4.98 Å². The Hall–Kier alpha value is -3.20. The monoisotopic (exact) mass is 342 g/mol. The minimum Gasteiger partial charge on any atom is -0.454 e. The second-order valence-corrected chi connectivity index (χ2v) is 6.64. The smallest absolute Gasteiger partial charge is 0.334 e. The molecule has 0 fully saturated rings. The molecule has 0 spiro atoms. The van der Waals surface area contributed by atoms with E-state index < -0.39 is 6.85 Å². The van der Waals surface area contributed by atoms with Crippen LogP contribution in [0.2, 0.25) is 0 Å². The summed E-state index contributed by atoms with van der Waals surface area (Å²) in [5, 5.41) is 3.46. The molecule has 3 heteroatoms. The first-order valence-corrected chi connectivity index (χ1v) is 8.55. The van der Waals surface area contributed by atoms with Crippen LogP contribution in [0.25, 0.3) is 44.1 Å². The van der Waals surface area contributed by atoms with E-state index >= 15 is 0 Å². The molecule has 5 aromatic rings. The van der Waals surface area contributed by atoms with Crippen molar-refractivity contribution < 1.29 is 13.1 Å². The Labute approximate surface area is 155 Å². The molecule has 126 valence electrons. The lowest BCUT2D eigenvalue weighted by molar-refractivity contribution is -0.663. The quantitative estimate of drug-likeness (QED) is 0.390. The minimum atomic E-state index is -2.25. The number of aromatic nitrogens is 2. The molecule has 3 aromatic carbocycles. The predicted molar refractivity (Wildman–Crippen MR) is 105 cm³/mol. The fourth-order valence-corrected chi connectivity index (χ4v) is 3.77. The summed E-state index contributed by atoms with van der Waals surface area (Å²) < 4.78 is 32.7. The third kappa shape index (κ3) is 2.00. The summed E-state index contributed by atoms with van der Waals surface area (Å²) in [4.78, 5) is 4.55. The molecule has 26 heavy (non-hydrogen) atoms. The van der Waals surface area contributed by atoms with Crippen molar-refractivity contribution in [2.24, 2.45) is 7.05 Å². The summed E-state index contributed by atoms with van der Waals surface area (Å²) in [6.45, 7) is -0.347. The van der Waals surface area contributed by atoms with Crippen LogP contribution < -0.4 is 4.57 Å². The van der Waals surface area contributed by atoms with E-state index in [0.717, 1.165) is 33.1 Å². The number of nitrogens with zero attached hydrogens (tertiary/aromatic N) is 2. The van der Waals surface area contributed by atoms with Crippen molar-refractivity contribution in [1.29, 1.82) is 0 Å². The summed E-state index contributed by atoms with van der Waals surface area (Å²) in [6.07, 6.45) is 3.65. The van der Waals surface area contributed by atoms with E-state index in [9.17, 15) is 0 Å². The van der Waals surface area contributed by atoms with Crippen LogP contribution in [0.5, 0.6) is 0 Å². The van der Waals surface area contributed by atoms with Crippen LogP contribution in [0.1, 0.15) is 15.2 Å². The molecule has 0 saturated carbocycles. The predicted octanol–water partition coefficient (Wildman–Crippen LogP) is 5.24. The Morgan fingerprint density at radius 1 is 1.00 bits per heavy atom. The summed E-state index contributed by atoms with van der Waals surface area (Å²) in [6, 6.07) is 15.5. The molecule has 0 saturated heterocycles. The molecule has 3 nitrogen and oxygen atoms in total. The van der Waals surface area contributed by atoms with E-state index in [4.69, 9.17) is 8.53 Å². The van der Waals surface area contributed by atoms with Gasteiger partial charge in [-0.25, -0.2) is 4.57 Å². The normalized spacial score (nSPS) is 13.8. The molecule has 0 aliphatic rings. The third-order valence-electron chi connectivity index (χ3n) is 4.98. The molecule has 0 radical (unpaired) electrons. The van der Waals surface area contributed by atoms with Crippen molar-refractivity contribution in [3.63, 3.8) is 0 Å². The molecule has 0 aliphatic heterocycles. The summed E-state index contributed by atoms with van der Waals surface area (Å²) in [7, 11) is 1.92. The number of furan rings is 1. The number of rotatable bonds is 1. The molecule has 0 unspecified atom stereocenters. The van der Waals surface area contributed by atoms with Crippen molar-refractivity contribution in [1.82, 2.24) is 4.98 Å². The van der Waals surface area contributed by atoms with Crippen molar-refractivity contribution in [3.8, 4) is 11.4 Å². The Morgan fingerprint density at radius 3 is 2.73 bits per heavy atom. The average Bonchev–Trinajstić information content (AvgIpc) is 3.07. The van der Waals surface area contributed by atoms with Gasteiger partial charge in [-0.3, -0.25) is 0 Å². The minimum absolute atomic E-state index is 0.307. The zero-order valence-corrected chi connectivity index (χ0v) is 14.6. The van der Waals surface area contributed by atoms with E-state index in [1.165, 1.54) is 0 Å². The molecular formula is C23H19N2O+. The van der Waals surface area contributed by atoms with Crippen LogP contribution >= 0.6 is 0 Å². The Morgan fingerprint density at radius 2 is 1.88 bits per heavy atom. The summed E-state index contributed by atoms with van der Waals surface area (Å²) in [5.74, 6) is 0.732. The second-order valence-electron chi connectivity index (χ2n) is 6.64. The number of hydrogen-bond donors (Lipinski definition) is 0. The van der Waals surface area contributed by atoms with Crippen molar-refractivity contribution in [3.05, 3.63) is 72.1 Å². The molecule has 0 bridgehead atoms. The standard InChI is InChI=1S/C23H19N2O/c1-14-13-15(2)20(23-24-11-6-12-25(23)3)22-19(14)18-10-9-16-7-4-5-8-17(16)21(18)26-22/h4-13H,1-3H3/q+1/i1D3. The number of aryl methyl sites for hydroxylation is 3. The number of hydrogen-bond acceptors (Lipinski definition) is 2. The Kier molecular flexibility index (Phi) is 2.53. The molecule has 0 aliphatic carbocycles. The molecular weight excluding hydrogens is 320 g/mol. The van der Waals surface area contributed by atoms with Crippen molar-refractivity contribution >= 4 is 32.7 Å². The van der Waals surface area contributed by atoms with Crippen LogP contribution in [0, 0.1) is 13.8 Å². The van der Waals surface area contributed by atoms with E-state index in [-0.39, 0.29) is 0 Å².